The standard InChI is InChI=1S/C13H21N3O3/c1-4-18-10-6-9(7-10)16-8(3)15-11(12(16)14)13(17)19-5-2/h9-10H,4-7,14H2,1-3H3. The van der Waals surface area contributed by atoms with Gasteiger partial charge in [-0.1, -0.05) is 0 Å². The van der Waals surface area contributed by atoms with Crippen LogP contribution in [0.1, 0.15) is 49.0 Å². The van der Waals surface area contributed by atoms with Crippen LogP contribution in [0.3, 0.4) is 0 Å². The van der Waals surface area contributed by atoms with Crippen molar-refractivity contribution in [3.8, 4) is 0 Å². The molecule has 1 fully saturated rings. The molecule has 6 heteroatoms. The van der Waals surface area contributed by atoms with Gasteiger partial charge in [-0.05, 0) is 33.6 Å². The molecule has 0 bridgehead atoms. The van der Waals surface area contributed by atoms with Crippen LogP contribution in [0.2, 0.25) is 0 Å². The Morgan fingerprint density at radius 3 is 2.68 bits per heavy atom. The van der Waals surface area contributed by atoms with Gasteiger partial charge in [-0.25, -0.2) is 9.78 Å². The van der Waals surface area contributed by atoms with E-state index >= 15 is 0 Å². The van der Waals surface area contributed by atoms with E-state index in [0.29, 0.717) is 18.5 Å². The molecule has 6 nitrogen and oxygen atoms in total. The van der Waals surface area contributed by atoms with Gasteiger partial charge in [0.15, 0.2) is 5.69 Å². The van der Waals surface area contributed by atoms with Crippen LogP contribution in [0.4, 0.5) is 5.82 Å². The molecule has 0 atom stereocenters. The fourth-order valence-electron chi connectivity index (χ4n) is 2.49. The van der Waals surface area contributed by atoms with Crippen LogP contribution in [0.5, 0.6) is 0 Å². The molecular weight excluding hydrogens is 246 g/mol. The van der Waals surface area contributed by atoms with Gasteiger partial charge < -0.3 is 19.8 Å². The summed E-state index contributed by atoms with van der Waals surface area (Å²) in [5.74, 6) is 0.693. The van der Waals surface area contributed by atoms with Gasteiger partial charge in [-0.15, -0.1) is 0 Å². The molecule has 0 radical (unpaired) electrons. The zero-order chi connectivity index (χ0) is 14.0. The number of nitrogens with zero attached hydrogens (tertiary/aromatic N) is 2. The Morgan fingerprint density at radius 2 is 2.11 bits per heavy atom. The minimum Gasteiger partial charge on any atom is -0.461 e. The van der Waals surface area contributed by atoms with Gasteiger partial charge in [0.05, 0.1) is 12.7 Å². The van der Waals surface area contributed by atoms with Gasteiger partial charge in [0.2, 0.25) is 0 Å². The summed E-state index contributed by atoms with van der Waals surface area (Å²) in [7, 11) is 0. The van der Waals surface area contributed by atoms with Crippen molar-refractivity contribution in [1.29, 1.82) is 0 Å². The van der Waals surface area contributed by atoms with Crippen molar-refractivity contribution in [2.45, 2.75) is 45.8 Å². The topological polar surface area (TPSA) is 79.4 Å². The molecule has 0 spiro atoms. The number of aromatic nitrogens is 2. The second kappa shape index (κ2) is 5.61. The zero-order valence-electron chi connectivity index (χ0n) is 11.7. The van der Waals surface area contributed by atoms with Gasteiger partial charge in [-0.3, -0.25) is 0 Å². The summed E-state index contributed by atoms with van der Waals surface area (Å²) >= 11 is 0. The molecule has 0 aromatic carbocycles. The van der Waals surface area contributed by atoms with E-state index in [1.165, 1.54) is 0 Å². The molecule has 0 amide bonds. The van der Waals surface area contributed by atoms with E-state index in [1.54, 1.807) is 6.92 Å². The summed E-state index contributed by atoms with van der Waals surface area (Å²) in [5, 5.41) is 0. The first-order valence-electron chi connectivity index (χ1n) is 6.71. The first kappa shape index (κ1) is 13.9. The van der Waals surface area contributed by atoms with Crippen molar-refractivity contribution in [2.24, 2.45) is 0 Å². The Bertz CT molecular complexity index is 464. The fraction of sp³-hybridized carbons (Fsp3) is 0.692. The lowest BCUT2D eigenvalue weighted by molar-refractivity contribution is -0.0196. The van der Waals surface area contributed by atoms with E-state index in [0.717, 1.165) is 25.3 Å². The first-order valence-corrected chi connectivity index (χ1v) is 6.71. The van der Waals surface area contributed by atoms with E-state index < -0.39 is 5.97 Å². The molecule has 1 saturated carbocycles. The van der Waals surface area contributed by atoms with Crippen molar-refractivity contribution >= 4 is 11.8 Å². The van der Waals surface area contributed by atoms with Crippen molar-refractivity contribution in [1.82, 2.24) is 9.55 Å². The number of imidazole rings is 1. The van der Waals surface area contributed by atoms with Crippen LogP contribution in [0.15, 0.2) is 0 Å². The van der Waals surface area contributed by atoms with Crippen LogP contribution < -0.4 is 5.73 Å². The molecule has 1 heterocycles. The predicted octanol–water partition coefficient (Wildman–Crippen LogP) is 1.69. The van der Waals surface area contributed by atoms with Crippen LogP contribution >= 0.6 is 0 Å². The number of rotatable bonds is 5. The monoisotopic (exact) mass is 267 g/mol. The van der Waals surface area contributed by atoms with Crippen LogP contribution in [-0.2, 0) is 9.47 Å². The number of esters is 1. The number of aryl methyl sites for hydroxylation is 1. The Hall–Kier alpha value is -1.56. The summed E-state index contributed by atoms with van der Waals surface area (Å²) in [5.41, 5.74) is 6.25. The molecule has 0 saturated heterocycles. The Labute approximate surface area is 112 Å². The van der Waals surface area contributed by atoms with Gasteiger partial charge >= 0.3 is 5.97 Å². The smallest absolute Gasteiger partial charge is 0.360 e. The first-order chi connectivity index (χ1) is 9.08. The van der Waals surface area contributed by atoms with E-state index in [9.17, 15) is 4.79 Å². The van der Waals surface area contributed by atoms with E-state index in [1.807, 2.05) is 18.4 Å². The molecule has 0 aliphatic heterocycles. The minimum absolute atomic E-state index is 0.221. The molecular formula is C13H21N3O3. The van der Waals surface area contributed by atoms with Gasteiger partial charge in [-0.2, -0.15) is 0 Å². The maximum atomic E-state index is 11.7. The van der Waals surface area contributed by atoms with Gasteiger partial charge in [0.25, 0.3) is 0 Å². The summed E-state index contributed by atoms with van der Waals surface area (Å²) in [6.45, 7) is 6.65. The van der Waals surface area contributed by atoms with Crippen LogP contribution in [0.25, 0.3) is 0 Å². The normalized spacial score (nSPS) is 22.1. The third-order valence-corrected chi connectivity index (χ3v) is 3.43. The number of carbonyl (C=O) groups is 1. The molecule has 106 valence electrons. The van der Waals surface area contributed by atoms with E-state index in [2.05, 4.69) is 4.98 Å². The van der Waals surface area contributed by atoms with Crippen LogP contribution in [0, 0.1) is 6.92 Å². The third-order valence-electron chi connectivity index (χ3n) is 3.43. The minimum atomic E-state index is -0.456. The van der Waals surface area contributed by atoms with Gasteiger partial charge in [0.1, 0.15) is 11.6 Å². The lowest BCUT2D eigenvalue weighted by Gasteiger charge is -2.36. The molecule has 19 heavy (non-hydrogen) atoms. The van der Waals surface area contributed by atoms with Crippen molar-refractivity contribution in [2.75, 3.05) is 18.9 Å². The summed E-state index contributed by atoms with van der Waals surface area (Å²) in [4.78, 5) is 15.9. The highest BCUT2D eigenvalue weighted by Crippen LogP contribution is 2.37. The molecule has 2 N–H and O–H groups in total. The Balaban J connectivity index is 2.12. The predicted molar refractivity (Wildman–Crippen MR) is 71.0 cm³/mol. The van der Waals surface area contributed by atoms with E-state index in [4.69, 9.17) is 15.2 Å². The number of carbonyl (C=O) groups excluding carboxylic acids is 1. The van der Waals surface area contributed by atoms with Gasteiger partial charge in [0, 0.05) is 12.6 Å². The fourth-order valence-corrected chi connectivity index (χ4v) is 2.49. The molecule has 1 aliphatic rings. The maximum Gasteiger partial charge on any atom is 0.360 e. The summed E-state index contributed by atoms with van der Waals surface area (Å²) < 4.78 is 12.4. The van der Waals surface area contributed by atoms with Crippen molar-refractivity contribution < 1.29 is 14.3 Å². The number of nitrogens with two attached hydrogens (primary N) is 1. The lowest BCUT2D eigenvalue weighted by atomic mass is 9.89. The molecule has 1 aromatic rings. The average molecular weight is 267 g/mol. The Kier molecular flexibility index (Phi) is 4.09. The number of nitrogen functional groups attached to an aromatic ring is 1. The van der Waals surface area contributed by atoms with E-state index in [-0.39, 0.29) is 11.7 Å². The number of hydrogen-bond donors (Lipinski definition) is 1. The Morgan fingerprint density at radius 1 is 1.42 bits per heavy atom. The lowest BCUT2D eigenvalue weighted by Crippen LogP contribution is -2.34. The summed E-state index contributed by atoms with van der Waals surface area (Å²) in [6, 6.07) is 0.271. The summed E-state index contributed by atoms with van der Waals surface area (Å²) in [6.07, 6.45) is 2.12. The van der Waals surface area contributed by atoms with Crippen molar-refractivity contribution in [3.05, 3.63) is 11.5 Å². The highest BCUT2D eigenvalue weighted by Gasteiger charge is 2.34. The highest BCUT2D eigenvalue weighted by molar-refractivity contribution is 5.92. The third kappa shape index (κ3) is 2.58. The number of anilines is 1. The zero-order valence-corrected chi connectivity index (χ0v) is 11.7. The molecule has 2 rings (SSSR count). The molecule has 1 aromatic heterocycles. The second-order valence-corrected chi connectivity index (χ2v) is 4.69. The molecule has 0 unspecified atom stereocenters. The maximum absolute atomic E-state index is 11.7. The largest absolute Gasteiger partial charge is 0.461 e. The van der Waals surface area contributed by atoms with Crippen molar-refractivity contribution in [3.63, 3.8) is 0 Å². The van der Waals surface area contributed by atoms with Crippen LogP contribution in [-0.4, -0.2) is 34.8 Å². The number of ether oxygens (including phenoxy) is 2. The highest BCUT2D eigenvalue weighted by atomic mass is 16.5. The average Bonchev–Trinajstić information content (AvgIpc) is 2.60. The second-order valence-electron chi connectivity index (χ2n) is 4.69. The molecule has 1 aliphatic carbocycles. The quantitative estimate of drug-likeness (QED) is 0.821. The SMILES string of the molecule is CCOC(=O)c1nc(C)n(C2CC(OCC)C2)c1N. The number of hydrogen-bond acceptors (Lipinski definition) is 5.